The normalized spacial score (nSPS) is 19.7. The summed E-state index contributed by atoms with van der Waals surface area (Å²) in [5.74, 6) is 2.65. The maximum absolute atomic E-state index is 4.48. The first-order chi connectivity index (χ1) is 8.88. The van der Waals surface area contributed by atoms with Crippen molar-refractivity contribution in [1.82, 2.24) is 15.5 Å². The Kier molecular flexibility index (Phi) is 3.94. The molecule has 2 aliphatic rings. The molecule has 3 rings (SSSR count). The van der Waals surface area contributed by atoms with Crippen molar-refractivity contribution in [3.63, 3.8) is 0 Å². The van der Waals surface area contributed by atoms with Gasteiger partial charge in [0.15, 0.2) is 0 Å². The number of hydrogen-bond donors (Lipinski definition) is 1. The van der Waals surface area contributed by atoms with Crippen molar-refractivity contribution in [2.24, 2.45) is 11.8 Å². The fourth-order valence-corrected chi connectivity index (χ4v) is 3.83. The summed E-state index contributed by atoms with van der Waals surface area (Å²) in [7, 11) is 0. The quantitative estimate of drug-likeness (QED) is 0.734. The third-order valence-electron chi connectivity index (χ3n) is 3.97. The van der Waals surface area contributed by atoms with Crippen LogP contribution in [0, 0.1) is 11.8 Å². The van der Waals surface area contributed by atoms with Crippen LogP contribution < -0.4 is 5.32 Å². The number of rotatable bonds is 8. The molecule has 1 aromatic rings. The molecule has 18 heavy (non-hydrogen) atoms. The predicted molar refractivity (Wildman–Crippen MR) is 75.0 cm³/mol. The summed E-state index contributed by atoms with van der Waals surface area (Å²) in [6.45, 7) is 4.35. The predicted octanol–water partition coefficient (Wildman–Crippen LogP) is 2.98. The fraction of sp³-hybridized carbons (Fsp3) is 0.857. The van der Waals surface area contributed by atoms with Crippen LogP contribution in [0.1, 0.15) is 55.0 Å². The van der Waals surface area contributed by atoms with Gasteiger partial charge in [-0.2, -0.15) is 0 Å². The zero-order valence-corrected chi connectivity index (χ0v) is 12.0. The van der Waals surface area contributed by atoms with E-state index >= 15 is 0 Å². The maximum Gasteiger partial charge on any atom is 0.121 e. The lowest BCUT2D eigenvalue weighted by Gasteiger charge is -2.10. The minimum Gasteiger partial charge on any atom is -0.316 e. The Morgan fingerprint density at radius 3 is 2.50 bits per heavy atom. The third kappa shape index (κ3) is 3.09. The van der Waals surface area contributed by atoms with Gasteiger partial charge in [-0.15, -0.1) is 21.5 Å². The first-order valence-corrected chi connectivity index (χ1v) is 8.23. The molecule has 0 radical (unpaired) electrons. The van der Waals surface area contributed by atoms with Crippen molar-refractivity contribution in [1.29, 1.82) is 0 Å². The minimum atomic E-state index is 0.764. The molecular formula is C14H23N3S. The van der Waals surface area contributed by atoms with Crippen LogP contribution >= 0.6 is 11.3 Å². The van der Waals surface area contributed by atoms with Crippen LogP contribution in [0.15, 0.2) is 0 Å². The Bertz CT molecular complexity index is 370. The maximum atomic E-state index is 4.48. The van der Waals surface area contributed by atoms with Gasteiger partial charge in [-0.25, -0.2) is 0 Å². The monoisotopic (exact) mass is 265 g/mol. The summed E-state index contributed by atoms with van der Waals surface area (Å²) in [4.78, 5) is 0. The second-order valence-electron chi connectivity index (χ2n) is 5.73. The first kappa shape index (κ1) is 12.5. The highest BCUT2D eigenvalue weighted by Gasteiger charge is 2.44. The van der Waals surface area contributed by atoms with Gasteiger partial charge < -0.3 is 5.32 Å². The molecule has 2 saturated carbocycles. The summed E-state index contributed by atoms with van der Waals surface area (Å²) >= 11 is 1.87. The van der Waals surface area contributed by atoms with Gasteiger partial charge in [0, 0.05) is 18.9 Å². The van der Waals surface area contributed by atoms with E-state index in [1.807, 2.05) is 11.3 Å². The van der Waals surface area contributed by atoms with E-state index in [9.17, 15) is 0 Å². The van der Waals surface area contributed by atoms with Crippen LogP contribution in [0.5, 0.6) is 0 Å². The third-order valence-corrected chi connectivity index (χ3v) is 5.05. The van der Waals surface area contributed by atoms with Crippen LogP contribution in [0.3, 0.4) is 0 Å². The molecule has 0 unspecified atom stereocenters. The Hall–Kier alpha value is -0.480. The average molecular weight is 265 g/mol. The Labute approximate surface area is 113 Å². The van der Waals surface area contributed by atoms with Crippen LogP contribution in [0.2, 0.25) is 0 Å². The second kappa shape index (κ2) is 5.66. The van der Waals surface area contributed by atoms with E-state index in [1.165, 1.54) is 42.1 Å². The highest BCUT2D eigenvalue weighted by Crippen LogP contribution is 2.54. The van der Waals surface area contributed by atoms with Gasteiger partial charge in [0.05, 0.1) is 0 Å². The first-order valence-electron chi connectivity index (χ1n) is 7.41. The van der Waals surface area contributed by atoms with Crippen molar-refractivity contribution in [2.45, 2.75) is 51.4 Å². The molecule has 1 heterocycles. The molecule has 1 N–H and O–H groups in total. The van der Waals surface area contributed by atoms with Crippen molar-refractivity contribution in [3.05, 3.63) is 10.0 Å². The molecule has 2 aliphatic carbocycles. The van der Waals surface area contributed by atoms with E-state index in [2.05, 4.69) is 22.4 Å². The highest BCUT2D eigenvalue weighted by atomic mass is 32.1. The van der Waals surface area contributed by atoms with Crippen LogP contribution in [0.4, 0.5) is 0 Å². The molecule has 0 saturated heterocycles. The second-order valence-corrected chi connectivity index (χ2v) is 6.83. The van der Waals surface area contributed by atoms with Crippen molar-refractivity contribution < 1.29 is 0 Å². The molecule has 0 aliphatic heterocycles. The molecule has 0 spiro atoms. The summed E-state index contributed by atoms with van der Waals surface area (Å²) < 4.78 is 0. The summed E-state index contributed by atoms with van der Waals surface area (Å²) in [5.41, 5.74) is 0. The van der Waals surface area contributed by atoms with Crippen LogP contribution in [-0.4, -0.2) is 23.3 Å². The Morgan fingerprint density at radius 2 is 1.89 bits per heavy atom. The number of hydrogen-bond acceptors (Lipinski definition) is 4. The van der Waals surface area contributed by atoms with Crippen LogP contribution in [-0.2, 0) is 6.42 Å². The minimum absolute atomic E-state index is 0.764. The zero-order chi connectivity index (χ0) is 12.4. The lowest BCUT2D eigenvalue weighted by molar-refractivity contribution is 0.530. The van der Waals surface area contributed by atoms with E-state index in [1.54, 1.807) is 0 Å². The van der Waals surface area contributed by atoms with Gasteiger partial charge >= 0.3 is 0 Å². The summed E-state index contributed by atoms with van der Waals surface area (Å²) in [6.07, 6.45) is 7.94. The lowest BCUT2D eigenvalue weighted by atomic mass is 9.99. The van der Waals surface area contributed by atoms with Gasteiger partial charge in [0.2, 0.25) is 0 Å². The topological polar surface area (TPSA) is 37.8 Å². The molecule has 3 nitrogen and oxygen atoms in total. The summed E-state index contributed by atoms with van der Waals surface area (Å²) in [5, 5.41) is 14.9. The summed E-state index contributed by atoms with van der Waals surface area (Å²) in [6, 6.07) is 0. The zero-order valence-electron chi connectivity index (χ0n) is 11.2. The molecule has 0 amide bonds. The molecule has 4 heteroatoms. The van der Waals surface area contributed by atoms with Crippen molar-refractivity contribution in [3.8, 4) is 0 Å². The molecule has 0 atom stereocenters. The molecule has 0 bridgehead atoms. The number of nitrogens with zero attached hydrogens (tertiary/aromatic N) is 2. The lowest BCUT2D eigenvalue weighted by Crippen LogP contribution is -2.17. The average Bonchev–Trinajstić information content (AvgIpc) is 3.28. The van der Waals surface area contributed by atoms with Gasteiger partial charge in [-0.05, 0) is 50.5 Å². The largest absolute Gasteiger partial charge is 0.316 e. The van der Waals surface area contributed by atoms with Crippen LogP contribution in [0.25, 0.3) is 0 Å². The Balaban J connectivity index is 1.54. The van der Waals surface area contributed by atoms with Gasteiger partial charge in [-0.3, -0.25) is 0 Å². The standard InChI is InChI=1S/C14H23N3S/c1-2-8-15-9-7-12-16-17-14(18-12)13(10-3-4-10)11-5-6-11/h10-11,13,15H,2-9H2,1H3. The molecular weight excluding hydrogens is 242 g/mol. The van der Waals surface area contributed by atoms with E-state index in [0.29, 0.717) is 0 Å². The van der Waals surface area contributed by atoms with Gasteiger partial charge in [0.25, 0.3) is 0 Å². The van der Waals surface area contributed by atoms with E-state index in [4.69, 9.17) is 0 Å². The van der Waals surface area contributed by atoms with Gasteiger partial charge in [0.1, 0.15) is 10.0 Å². The van der Waals surface area contributed by atoms with Crippen molar-refractivity contribution >= 4 is 11.3 Å². The molecule has 100 valence electrons. The van der Waals surface area contributed by atoms with Crippen molar-refractivity contribution in [2.75, 3.05) is 13.1 Å². The van der Waals surface area contributed by atoms with E-state index in [-0.39, 0.29) is 0 Å². The Morgan fingerprint density at radius 1 is 1.17 bits per heavy atom. The fourth-order valence-electron chi connectivity index (χ4n) is 2.70. The van der Waals surface area contributed by atoms with E-state index < -0.39 is 0 Å². The number of nitrogens with one attached hydrogen (secondary N) is 1. The SMILES string of the molecule is CCCNCCc1nnc(C(C2CC2)C2CC2)s1. The smallest absolute Gasteiger partial charge is 0.121 e. The molecule has 2 fully saturated rings. The number of aromatic nitrogens is 2. The van der Waals surface area contributed by atoms with Gasteiger partial charge in [-0.1, -0.05) is 6.92 Å². The highest BCUT2D eigenvalue weighted by molar-refractivity contribution is 7.11. The molecule has 1 aromatic heterocycles. The molecule has 0 aromatic carbocycles. The van der Waals surface area contributed by atoms with E-state index in [0.717, 1.165) is 37.3 Å².